The van der Waals surface area contributed by atoms with E-state index in [2.05, 4.69) is 0 Å². The zero-order chi connectivity index (χ0) is 34.6. The molecule has 0 N–H and O–H groups in total. The zero-order valence-electron chi connectivity index (χ0n) is 26.9. The molecule has 3 rings (SSSR count). The molecule has 46 heavy (non-hydrogen) atoms. The second-order valence-electron chi connectivity index (χ2n) is 12.4. The summed E-state index contributed by atoms with van der Waals surface area (Å²) in [4.78, 5) is 25.5. The molecular weight excluding hydrogens is 610 g/mol. The highest BCUT2D eigenvalue weighted by atomic mass is 19.4. The van der Waals surface area contributed by atoms with Gasteiger partial charge in [-0.25, -0.2) is 9.59 Å². The SMILES string of the molecule is CCCC(C)(C)OC(=O)c1cccc(C(=O)Oc2ccc(C(c3ccc(C(C)(CC)CCC)cc3)(C(F)(F)F)C(F)(F)F)cc2)c1. The summed E-state index contributed by atoms with van der Waals surface area (Å²) in [5, 5.41) is 0. The van der Waals surface area contributed by atoms with Gasteiger partial charge < -0.3 is 9.47 Å². The third-order valence-corrected chi connectivity index (χ3v) is 8.50. The summed E-state index contributed by atoms with van der Waals surface area (Å²) in [6.45, 7) is 11.3. The van der Waals surface area contributed by atoms with Crippen molar-refractivity contribution in [1.29, 1.82) is 0 Å². The lowest BCUT2D eigenvalue weighted by Crippen LogP contribution is -2.54. The number of ether oxygens (including phenoxy) is 2. The monoisotopic (exact) mass is 650 g/mol. The van der Waals surface area contributed by atoms with E-state index in [1.54, 1.807) is 13.8 Å². The second-order valence-corrected chi connectivity index (χ2v) is 12.4. The van der Waals surface area contributed by atoms with Gasteiger partial charge in [0.25, 0.3) is 0 Å². The number of halogens is 6. The van der Waals surface area contributed by atoms with Crippen molar-refractivity contribution in [2.45, 2.75) is 102 Å². The number of carbonyl (C=O) groups is 2. The van der Waals surface area contributed by atoms with Gasteiger partial charge in [0.05, 0.1) is 11.1 Å². The Bertz CT molecular complexity index is 1480. The molecule has 4 nitrogen and oxygen atoms in total. The molecule has 0 bridgehead atoms. The predicted molar refractivity (Wildman–Crippen MR) is 164 cm³/mol. The maximum atomic E-state index is 14.7. The first-order valence-corrected chi connectivity index (χ1v) is 15.3. The van der Waals surface area contributed by atoms with Crippen molar-refractivity contribution in [3.05, 3.63) is 101 Å². The first kappa shape index (κ1) is 36.6. The molecule has 3 aromatic rings. The van der Waals surface area contributed by atoms with Crippen LogP contribution in [0.4, 0.5) is 26.3 Å². The number of esters is 2. The molecule has 0 aromatic heterocycles. The average molecular weight is 651 g/mol. The number of rotatable bonds is 12. The van der Waals surface area contributed by atoms with Crippen LogP contribution in [0.25, 0.3) is 0 Å². The quantitative estimate of drug-likeness (QED) is 0.111. The zero-order valence-corrected chi connectivity index (χ0v) is 26.9. The maximum Gasteiger partial charge on any atom is 0.411 e. The van der Waals surface area contributed by atoms with Crippen LogP contribution in [-0.4, -0.2) is 29.9 Å². The first-order chi connectivity index (χ1) is 21.3. The van der Waals surface area contributed by atoms with Gasteiger partial charge >= 0.3 is 24.3 Å². The minimum absolute atomic E-state index is 0.0611. The summed E-state index contributed by atoms with van der Waals surface area (Å²) >= 11 is 0. The van der Waals surface area contributed by atoms with Gasteiger partial charge in [-0.15, -0.1) is 0 Å². The van der Waals surface area contributed by atoms with Crippen molar-refractivity contribution in [2.75, 3.05) is 0 Å². The largest absolute Gasteiger partial charge is 0.456 e. The number of alkyl halides is 6. The predicted octanol–water partition coefficient (Wildman–Crippen LogP) is 10.5. The summed E-state index contributed by atoms with van der Waals surface area (Å²) in [5.74, 6) is -1.90. The van der Waals surface area contributed by atoms with E-state index in [4.69, 9.17) is 9.47 Å². The average Bonchev–Trinajstić information content (AvgIpc) is 2.97. The molecule has 10 heteroatoms. The van der Waals surface area contributed by atoms with Crippen LogP contribution in [0, 0.1) is 0 Å². The minimum atomic E-state index is -5.76. The summed E-state index contributed by atoms with van der Waals surface area (Å²) in [7, 11) is 0. The number of benzene rings is 3. The highest BCUT2D eigenvalue weighted by Gasteiger charge is 2.72. The highest BCUT2D eigenvalue weighted by molar-refractivity contribution is 5.96. The number of hydrogen-bond donors (Lipinski definition) is 0. The van der Waals surface area contributed by atoms with Crippen molar-refractivity contribution in [1.82, 2.24) is 0 Å². The van der Waals surface area contributed by atoms with Crippen molar-refractivity contribution in [2.24, 2.45) is 0 Å². The Morgan fingerprint density at radius 2 is 1.09 bits per heavy atom. The molecule has 250 valence electrons. The van der Waals surface area contributed by atoms with E-state index in [0.29, 0.717) is 30.5 Å². The summed E-state index contributed by atoms with van der Waals surface area (Å²) in [6.07, 6.45) is -7.95. The van der Waals surface area contributed by atoms with E-state index >= 15 is 0 Å². The van der Waals surface area contributed by atoms with Gasteiger partial charge in [-0.05, 0) is 85.5 Å². The van der Waals surface area contributed by atoms with E-state index in [9.17, 15) is 35.9 Å². The van der Waals surface area contributed by atoms with Gasteiger partial charge in [0.1, 0.15) is 11.4 Å². The van der Waals surface area contributed by atoms with Crippen molar-refractivity contribution in [3.8, 4) is 5.75 Å². The summed E-state index contributed by atoms with van der Waals surface area (Å²) in [5.41, 5.74) is -6.85. The van der Waals surface area contributed by atoms with E-state index in [-0.39, 0.29) is 16.9 Å². The fourth-order valence-corrected chi connectivity index (χ4v) is 5.86. The number of hydrogen-bond acceptors (Lipinski definition) is 4. The minimum Gasteiger partial charge on any atom is -0.456 e. The smallest absolute Gasteiger partial charge is 0.411 e. The molecule has 0 heterocycles. The lowest BCUT2D eigenvalue weighted by molar-refractivity contribution is -0.288. The highest BCUT2D eigenvalue weighted by Crippen LogP contribution is 2.56. The molecular formula is C36H40F6O4. The normalized spacial score (nSPS) is 14.0. The van der Waals surface area contributed by atoms with Gasteiger partial charge in [-0.2, -0.15) is 26.3 Å². The maximum absolute atomic E-state index is 14.7. The Kier molecular flexibility index (Phi) is 11.1. The van der Waals surface area contributed by atoms with E-state index in [0.717, 1.165) is 43.5 Å². The first-order valence-electron chi connectivity index (χ1n) is 15.3. The van der Waals surface area contributed by atoms with Crippen molar-refractivity contribution in [3.63, 3.8) is 0 Å². The Hall–Kier alpha value is -3.82. The molecule has 0 fully saturated rings. The second kappa shape index (κ2) is 13.9. The summed E-state index contributed by atoms with van der Waals surface area (Å²) in [6, 6.07) is 13.0. The van der Waals surface area contributed by atoms with Crippen LogP contribution in [0.2, 0.25) is 0 Å². The third kappa shape index (κ3) is 7.58. The third-order valence-electron chi connectivity index (χ3n) is 8.50. The van der Waals surface area contributed by atoms with Crippen molar-refractivity contribution >= 4 is 11.9 Å². The lowest BCUT2D eigenvalue weighted by Gasteiger charge is -2.39. The Balaban J connectivity index is 1.96. The van der Waals surface area contributed by atoms with Gasteiger partial charge in [-0.1, -0.05) is 83.0 Å². The standard InChI is InChI=1S/C36H40F6O4/c1-7-21-32(4,5)46-31(44)25-12-10-11-24(23-25)30(43)45-29-19-17-28(18-20-29)34(35(37,38)39,36(40,41)42)27-15-13-26(14-16-27)33(6,9-3)22-8-2/h10-20,23H,7-9,21-22H2,1-6H3. The van der Waals surface area contributed by atoms with Crippen LogP contribution in [0.15, 0.2) is 72.8 Å². The van der Waals surface area contributed by atoms with E-state index < -0.39 is 51.8 Å². The molecule has 0 radical (unpaired) electrons. The molecule has 0 aliphatic heterocycles. The Labute approximate surface area is 266 Å². The fraction of sp³-hybridized carbons (Fsp3) is 0.444. The lowest BCUT2D eigenvalue weighted by atomic mass is 9.71. The Morgan fingerprint density at radius 3 is 1.54 bits per heavy atom. The fourth-order valence-electron chi connectivity index (χ4n) is 5.86. The van der Waals surface area contributed by atoms with Crippen LogP contribution >= 0.6 is 0 Å². The van der Waals surface area contributed by atoms with E-state index in [1.807, 2.05) is 27.7 Å². The Morgan fingerprint density at radius 1 is 0.630 bits per heavy atom. The number of carbonyl (C=O) groups excluding carboxylic acids is 2. The van der Waals surface area contributed by atoms with Crippen LogP contribution in [0.5, 0.6) is 5.75 Å². The van der Waals surface area contributed by atoms with Crippen molar-refractivity contribution < 1.29 is 45.4 Å². The van der Waals surface area contributed by atoms with Gasteiger partial charge in [0.2, 0.25) is 5.41 Å². The molecule has 0 aliphatic carbocycles. The molecule has 1 atom stereocenters. The van der Waals surface area contributed by atoms with Crippen LogP contribution < -0.4 is 4.74 Å². The van der Waals surface area contributed by atoms with Crippen LogP contribution in [0.1, 0.15) is 111 Å². The molecule has 0 amide bonds. The molecule has 0 aliphatic rings. The van der Waals surface area contributed by atoms with Crippen LogP contribution in [0.3, 0.4) is 0 Å². The van der Waals surface area contributed by atoms with Gasteiger partial charge in [0, 0.05) is 0 Å². The van der Waals surface area contributed by atoms with Gasteiger partial charge in [-0.3, -0.25) is 0 Å². The summed E-state index contributed by atoms with van der Waals surface area (Å²) < 4.78 is 99.0. The topological polar surface area (TPSA) is 52.6 Å². The molecule has 1 unspecified atom stereocenters. The molecule has 0 spiro atoms. The van der Waals surface area contributed by atoms with Crippen LogP contribution in [-0.2, 0) is 15.6 Å². The molecule has 3 aromatic carbocycles. The van der Waals surface area contributed by atoms with Gasteiger partial charge in [0.15, 0.2) is 0 Å². The molecule has 0 saturated heterocycles. The molecule has 0 saturated carbocycles. The van der Waals surface area contributed by atoms with E-state index in [1.165, 1.54) is 36.4 Å².